The van der Waals surface area contributed by atoms with Crippen LogP contribution in [0.4, 0.5) is 11.4 Å². The summed E-state index contributed by atoms with van der Waals surface area (Å²) in [5, 5.41) is 20.8. The first kappa shape index (κ1) is 20.9. The zero-order valence-corrected chi connectivity index (χ0v) is 17.8. The van der Waals surface area contributed by atoms with Gasteiger partial charge in [-0.3, -0.25) is 14.2 Å². The Morgan fingerprint density at radius 2 is 2.06 bits per heavy atom. The largest absolute Gasteiger partial charge is 0.327 e. The minimum Gasteiger partial charge on any atom is -0.327 e. The number of fused-ring (bicyclic) bond motifs is 1. The summed E-state index contributed by atoms with van der Waals surface area (Å²) in [6.45, 7) is 0. The number of nitrogens with zero attached hydrogens (tertiary/aromatic N) is 5. The zero-order chi connectivity index (χ0) is 22.0. The predicted octanol–water partition coefficient (Wildman–Crippen LogP) is 2.78. The molecule has 0 aromatic carbocycles. The molecule has 31 heavy (non-hydrogen) atoms. The third-order valence-electron chi connectivity index (χ3n) is 5.63. The molecule has 1 unspecified atom stereocenters. The van der Waals surface area contributed by atoms with E-state index in [4.69, 9.17) is 0 Å². The van der Waals surface area contributed by atoms with Gasteiger partial charge in [0.25, 0.3) is 0 Å². The van der Waals surface area contributed by atoms with Crippen molar-refractivity contribution in [3.8, 4) is 17.2 Å². The van der Waals surface area contributed by atoms with Gasteiger partial charge in [0.1, 0.15) is 0 Å². The Morgan fingerprint density at radius 3 is 2.74 bits per heavy atom. The van der Waals surface area contributed by atoms with E-state index in [2.05, 4.69) is 26.3 Å². The highest BCUT2D eigenvalue weighted by molar-refractivity contribution is 7.92. The number of carbonyl (C=O) groups excluding carboxylic acids is 1. The van der Waals surface area contributed by atoms with E-state index in [1.54, 1.807) is 23.0 Å². The van der Waals surface area contributed by atoms with Crippen molar-refractivity contribution in [2.24, 2.45) is 5.92 Å². The molecule has 0 bridgehead atoms. The number of amides is 1. The number of hydrogen-bond acceptors (Lipinski definition) is 6. The molecule has 0 saturated heterocycles. The first-order chi connectivity index (χ1) is 14.9. The number of nitriles is 1. The first-order valence-corrected chi connectivity index (χ1v) is 11.9. The van der Waals surface area contributed by atoms with Gasteiger partial charge in [-0.2, -0.15) is 15.5 Å². The van der Waals surface area contributed by atoms with Crippen LogP contribution in [0.5, 0.6) is 0 Å². The van der Waals surface area contributed by atoms with Crippen LogP contribution in [-0.2, 0) is 14.8 Å². The summed E-state index contributed by atoms with van der Waals surface area (Å²) in [6, 6.07) is 3.93. The molecule has 1 amide bonds. The fourth-order valence-electron chi connectivity index (χ4n) is 4.36. The summed E-state index contributed by atoms with van der Waals surface area (Å²) in [5.74, 6) is 0.413. The Morgan fingerprint density at radius 1 is 1.29 bits per heavy atom. The van der Waals surface area contributed by atoms with Crippen molar-refractivity contribution in [2.45, 2.75) is 38.1 Å². The number of sulfonamides is 1. The van der Waals surface area contributed by atoms with Crippen LogP contribution >= 0.6 is 0 Å². The van der Waals surface area contributed by atoms with Crippen molar-refractivity contribution in [3.63, 3.8) is 0 Å². The SMILES string of the molecule is CS(=O)(=O)Nc1cc2c(-c3cnn(C(CC#N)C4CCCC4)c3)c(NC=O)cnn2c1. The molecule has 4 rings (SSSR count). The molecule has 3 aromatic rings. The molecule has 0 aliphatic heterocycles. The predicted molar refractivity (Wildman–Crippen MR) is 116 cm³/mol. The Bertz CT molecular complexity index is 1250. The molecule has 1 fully saturated rings. The summed E-state index contributed by atoms with van der Waals surface area (Å²) < 4.78 is 29.1. The number of hydrogen-bond donors (Lipinski definition) is 2. The lowest BCUT2D eigenvalue weighted by molar-refractivity contribution is -0.105. The van der Waals surface area contributed by atoms with Gasteiger partial charge in [0.2, 0.25) is 16.4 Å². The summed E-state index contributed by atoms with van der Waals surface area (Å²) >= 11 is 0. The van der Waals surface area contributed by atoms with Gasteiger partial charge in [-0.15, -0.1) is 0 Å². The third kappa shape index (κ3) is 4.39. The van der Waals surface area contributed by atoms with E-state index < -0.39 is 10.0 Å². The molecule has 3 aromatic heterocycles. The molecule has 1 atom stereocenters. The van der Waals surface area contributed by atoms with E-state index in [0.717, 1.165) is 24.7 Å². The van der Waals surface area contributed by atoms with Gasteiger partial charge < -0.3 is 5.32 Å². The van der Waals surface area contributed by atoms with Crippen LogP contribution in [0.3, 0.4) is 0 Å². The van der Waals surface area contributed by atoms with Crippen LogP contribution < -0.4 is 10.0 Å². The van der Waals surface area contributed by atoms with Gasteiger partial charge in [0, 0.05) is 17.3 Å². The average molecular weight is 442 g/mol. The molecule has 1 aliphatic rings. The lowest BCUT2D eigenvalue weighted by Gasteiger charge is -2.21. The second kappa shape index (κ2) is 8.39. The normalized spacial score (nSPS) is 15.6. The molecule has 11 heteroatoms. The van der Waals surface area contributed by atoms with Crippen molar-refractivity contribution in [1.82, 2.24) is 19.4 Å². The van der Waals surface area contributed by atoms with Crippen molar-refractivity contribution in [2.75, 3.05) is 16.3 Å². The van der Waals surface area contributed by atoms with Crippen LogP contribution in [0.1, 0.15) is 38.1 Å². The van der Waals surface area contributed by atoms with E-state index in [1.165, 1.54) is 19.0 Å². The van der Waals surface area contributed by atoms with Crippen LogP contribution in [0.25, 0.3) is 16.6 Å². The summed E-state index contributed by atoms with van der Waals surface area (Å²) in [4.78, 5) is 11.2. The van der Waals surface area contributed by atoms with Crippen molar-refractivity contribution >= 4 is 33.3 Å². The molecule has 0 spiro atoms. The second-order valence-corrected chi connectivity index (χ2v) is 9.56. The summed E-state index contributed by atoms with van der Waals surface area (Å²) in [7, 11) is -3.46. The van der Waals surface area contributed by atoms with Gasteiger partial charge >= 0.3 is 0 Å². The van der Waals surface area contributed by atoms with E-state index in [0.29, 0.717) is 41.2 Å². The van der Waals surface area contributed by atoms with E-state index in [-0.39, 0.29) is 6.04 Å². The average Bonchev–Trinajstić information content (AvgIpc) is 3.45. The van der Waals surface area contributed by atoms with Gasteiger partial charge in [-0.1, -0.05) is 12.8 Å². The van der Waals surface area contributed by atoms with Crippen molar-refractivity contribution in [1.29, 1.82) is 5.26 Å². The van der Waals surface area contributed by atoms with Gasteiger partial charge in [-0.25, -0.2) is 12.9 Å². The fourth-order valence-corrected chi connectivity index (χ4v) is 4.90. The smallest absolute Gasteiger partial charge is 0.229 e. The number of anilines is 2. The van der Waals surface area contributed by atoms with E-state index in [9.17, 15) is 18.5 Å². The number of rotatable bonds is 8. The molecular weight excluding hydrogens is 418 g/mol. The van der Waals surface area contributed by atoms with Crippen LogP contribution in [0, 0.1) is 17.2 Å². The topological polar surface area (TPSA) is 134 Å². The Hall–Kier alpha value is -3.39. The zero-order valence-electron chi connectivity index (χ0n) is 17.0. The van der Waals surface area contributed by atoms with Gasteiger partial charge in [0.05, 0.1) is 60.3 Å². The maximum absolute atomic E-state index is 11.6. The van der Waals surface area contributed by atoms with E-state index >= 15 is 0 Å². The molecule has 0 radical (unpaired) electrons. The van der Waals surface area contributed by atoms with Crippen LogP contribution in [-0.4, -0.2) is 40.5 Å². The number of carbonyl (C=O) groups is 1. The maximum Gasteiger partial charge on any atom is 0.229 e. The minimum atomic E-state index is -3.46. The molecule has 162 valence electrons. The standard InChI is InChI=1S/C20H23N7O3S/c1-31(29,30)25-16-8-19-20(17(22-13-28)10-24-27(19)12-16)15-9-23-26(11-15)18(6-7-21)14-4-2-3-5-14/h8-14,18,25H,2-6H2,1H3,(H,22,28). The van der Waals surface area contributed by atoms with Gasteiger partial charge in [-0.05, 0) is 24.8 Å². The second-order valence-electron chi connectivity index (χ2n) is 7.81. The van der Waals surface area contributed by atoms with Crippen LogP contribution in [0.15, 0.2) is 30.9 Å². The lowest BCUT2D eigenvalue weighted by atomic mass is 9.96. The van der Waals surface area contributed by atoms with Crippen LogP contribution in [0.2, 0.25) is 0 Å². The molecule has 10 nitrogen and oxygen atoms in total. The number of aromatic nitrogens is 4. The summed E-state index contributed by atoms with van der Waals surface area (Å²) in [6.07, 6.45) is 13.2. The molecule has 3 heterocycles. The highest BCUT2D eigenvalue weighted by Gasteiger charge is 2.27. The first-order valence-electron chi connectivity index (χ1n) is 10.0. The van der Waals surface area contributed by atoms with E-state index in [1.807, 2.05) is 10.9 Å². The van der Waals surface area contributed by atoms with Crippen molar-refractivity contribution in [3.05, 3.63) is 30.9 Å². The molecule has 1 saturated carbocycles. The molecule has 1 aliphatic carbocycles. The highest BCUT2D eigenvalue weighted by atomic mass is 32.2. The monoisotopic (exact) mass is 441 g/mol. The van der Waals surface area contributed by atoms with Gasteiger partial charge in [0.15, 0.2) is 0 Å². The number of nitrogens with one attached hydrogen (secondary N) is 2. The summed E-state index contributed by atoms with van der Waals surface area (Å²) in [5.41, 5.74) is 2.85. The lowest BCUT2D eigenvalue weighted by Crippen LogP contribution is -2.17. The quantitative estimate of drug-likeness (QED) is 0.516. The highest BCUT2D eigenvalue weighted by Crippen LogP contribution is 2.38. The Kier molecular flexibility index (Phi) is 5.65. The Balaban J connectivity index is 1.79. The minimum absolute atomic E-state index is 0.00386. The maximum atomic E-state index is 11.6. The molecule has 2 N–H and O–H groups in total. The third-order valence-corrected chi connectivity index (χ3v) is 6.24. The molecular formula is C20H23N7O3S. The Labute approximate surface area is 179 Å². The fraction of sp³-hybridized carbons (Fsp3) is 0.400. The van der Waals surface area contributed by atoms with Crippen molar-refractivity contribution < 1.29 is 13.2 Å².